The molecule has 1 atom stereocenters. The van der Waals surface area contributed by atoms with E-state index < -0.39 is 24.2 Å². The Hall–Kier alpha value is -3.72. The fourth-order valence-corrected chi connectivity index (χ4v) is 3.66. The maximum atomic E-state index is 11.8. The summed E-state index contributed by atoms with van der Waals surface area (Å²) in [6.45, 7) is -0.875. The van der Waals surface area contributed by atoms with E-state index in [0.29, 0.717) is 21.3 Å². The number of pyridine rings is 1. The Morgan fingerprint density at radius 3 is 2.81 bits per heavy atom. The average molecular weight is 442 g/mol. The smallest absolute Gasteiger partial charge is 0.270 e. The minimum Gasteiger partial charge on any atom is -0.506 e. The van der Waals surface area contributed by atoms with Crippen LogP contribution in [-0.2, 0) is 9.63 Å². The van der Waals surface area contributed by atoms with Gasteiger partial charge in [0.15, 0.2) is 12.2 Å². The van der Waals surface area contributed by atoms with Crippen LogP contribution in [0.4, 0.5) is 0 Å². The molecule has 0 fully saturated rings. The Bertz CT molecular complexity index is 1210. The highest BCUT2D eigenvalue weighted by atomic mass is 32.1. The summed E-state index contributed by atoms with van der Waals surface area (Å²) in [5.74, 6) is -0.833. The molecule has 0 unspecified atom stereocenters. The quantitative estimate of drug-likeness (QED) is 0.252. The van der Waals surface area contributed by atoms with Crippen LogP contribution in [0, 0.1) is 11.3 Å². The van der Waals surface area contributed by atoms with E-state index in [4.69, 9.17) is 20.3 Å². The molecule has 5 N–H and O–H groups in total. The second kappa shape index (κ2) is 9.86. The van der Waals surface area contributed by atoms with Crippen molar-refractivity contribution in [1.82, 2.24) is 10.3 Å². The summed E-state index contributed by atoms with van der Waals surface area (Å²) in [4.78, 5) is 31.3. The highest BCUT2D eigenvalue weighted by Crippen LogP contribution is 2.38. The number of aromatic amines is 1. The third-order valence-corrected chi connectivity index (χ3v) is 5.17. The largest absolute Gasteiger partial charge is 0.506 e. The lowest BCUT2D eigenvalue weighted by Gasteiger charge is -2.07. The predicted octanol–water partition coefficient (Wildman–Crippen LogP) is 0.654. The van der Waals surface area contributed by atoms with Gasteiger partial charge in [-0.05, 0) is 11.1 Å². The third kappa shape index (κ3) is 5.07. The van der Waals surface area contributed by atoms with Gasteiger partial charge < -0.3 is 30.5 Å². The van der Waals surface area contributed by atoms with Crippen molar-refractivity contribution in [2.45, 2.75) is 6.10 Å². The summed E-state index contributed by atoms with van der Waals surface area (Å²) >= 11 is 1.25. The Morgan fingerprint density at radius 1 is 1.39 bits per heavy atom. The van der Waals surface area contributed by atoms with E-state index in [-0.39, 0.29) is 24.5 Å². The van der Waals surface area contributed by atoms with Gasteiger partial charge in [-0.15, -0.1) is 11.3 Å². The number of benzene rings is 1. The number of oxime groups is 1. The molecule has 0 aliphatic rings. The summed E-state index contributed by atoms with van der Waals surface area (Å²) in [6, 6.07) is 8.77. The number of hydrogen-bond acceptors (Lipinski definition) is 9. The molecular formula is C20H18N4O6S. The zero-order chi connectivity index (χ0) is 22.4. The number of aromatic hydroxyl groups is 1. The molecule has 2 heterocycles. The maximum Gasteiger partial charge on any atom is 0.270 e. The fraction of sp³-hybridized carbons (Fsp3) is 0.200. The number of carbonyl (C=O) groups excluding carboxylic acids is 1. The maximum absolute atomic E-state index is 11.8. The number of nitriles is 1. The van der Waals surface area contributed by atoms with Crippen LogP contribution in [0.3, 0.4) is 0 Å². The molecule has 2 aromatic heterocycles. The topological polar surface area (TPSA) is 168 Å². The minimum absolute atomic E-state index is 0.0829. The van der Waals surface area contributed by atoms with Gasteiger partial charge in [-0.3, -0.25) is 9.59 Å². The molecular weight excluding hydrogens is 424 g/mol. The van der Waals surface area contributed by atoms with Gasteiger partial charge in [0, 0.05) is 17.5 Å². The van der Waals surface area contributed by atoms with Crippen molar-refractivity contribution in [3.63, 3.8) is 0 Å². The molecule has 0 saturated carbocycles. The van der Waals surface area contributed by atoms with Crippen LogP contribution < -0.4 is 10.9 Å². The van der Waals surface area contributed by atoms with Gasteiger partial charge in [0.25, 0.3) is 11.5 Å². The lowest BCUT2D eigenvalue weighted by Crippen LogP contribution is -2.35. The van der Waals surface area contributed by atoms with Gasteiger partial charge in [-0.25, -0.2) is 0 Å². The van der Waals surface area contributed by atoms with E-state index in [0.717, 1.165) is 5.56 Å². The first-order chi connectivity index (χ1) is 14.9. The molecule has 3 aromatic rings. The molecule has 10 nitrogen and oxygen atoms in total. The number of aromatic nitrogens is 1. The standard InChI is InChI=1S/C20H18N4O6S/c21-5-14-18(28)17-15(10-31-20(17)24-19(14)29)12-3-1-11(2-4-12)6-23-30-9-16(27)22-7-13(26)8-25/h1-4,6,10,13,25-26H,7-9H2,(H,22,27)(H2,24,28,29)/t13-/m0/s1. The van der Waals surface area contributed by atoms with Crippen LogP contribution in [0.15, 0.2) is 39.6 Å². The molecule has 0 bridgehead atoms. The summed E-state index contributed by atoms with van der Waals surface area (Å²) in [6.07, 6.45) is 0.383. The number of aliphatic hydroxyl groups excluding tert-OH is 2. The molecule has 0 saturated heterocycles. The van der Waals surface area contributed by atoms with Crippen LogP contribution in [-0.4, -0.2) is 58.3 Å². The monoisotopic (exact) mass is 442 g/mol. The summed E-state index contributed by atoms with van der Waals surface area (Å²) in [7, 11) is 0. The zero-order valence-electron chi connectivity index (χ0n) is 16.0. The van der Waals surface area contributed by atoms with Gasteiger partial charge >= 0.3 is 0 Å². The first-order valence-corrected chi connectivity index (χ1v) is 9.90. The third-order valence-electron chi connectivity index (χ3n) is 4.27. The minimum atomic E-state index is -1.03. The normalized spacial score (nSPS) is 12.0. The van der Waals surface area contributed by atoms with Crippen LogP contribution in [0.5, 0.6) is 5.75 Å². The van der Waals surface area contributed by atoms with Crippen LogP contribution >= 0.6 is 11.3 Å². The first-order valence-electron chi connectivity index (χ1n) is 9.02. The molecule has 3 rings (SSSR count). The van der Waals surface area contributed by atoms with E-state index in [1.807, 2.05) is 0 Å². The number of H-pyrrole nitrogens is 1. The molecule has 160 valence electrons. The summed E-state index contributed by atoms with van der Waals surface area (Å²) < 4.78 is 0. The first kappa shape index (κ1) is 22.0. The number of nitrogens with one attached hydrogen (secondary N) is 2. The number of nitrogens with zero attached hydrogens (tertiary/aromatic N) is 2. The van der Waals surface area contributed by atoms with Gasteiger partial charge in [0.05, 0.1) is 24.3 Å². The molecule has 0 aliphatic heterocycles. The summed E-state index contributed by atoms with van der Waals surface area (Å²) in [5.41, 5.74) is 1.16. The number of fused-ring (bicyclic) bond motifs is 1. The van der Waals surface area contributed by atoms with Crippen molar-refractivity contribution in [3.05, 3.63) is 51.1 Å². The predicted molar refractivity (Wildman–Crippen MR) is 114 cm³/mol. The van der Waals surface area contributed by atoms with Crippen LogP contribution in [0.1, 0.15) is 11.1 Å². The van der Waals surface area contributed by atoms with E-state index >= 15 is 0 Å². The SMILES string of the molecule is N#Cc1c(O)c2c(-c3ccc(C=NOCC(=O)NC[C@H](O)CO)cc3)csc2[nH]c1=O. The molecule has 1 amide bonds. The Labute approximate surface area is 179 Å². The Morgan fingerprint density at radius 2 is 2.13 bits per heavy atom. The second-order valence-electron chi connectivity index (χ2n) is 6.41. The second-order valence-corrected chi connectivity index (χ2v) is 7.29. The zero-order valence-corrected chi connectivity index (χ0v) is 16.8. The van der Waals surface area contributed by atoms with Crippen molar-refractivity contribution >= 4 is 33.7 Å². The van der Waals surface area contributed by atoms with Crippen molar-refractivity contribution in [2.24, 2.45) is 5.16 Å². The molecule has 0 aliphatic carbocycles. The van der Waals surface area contributed by atoms with Crippen molar-refractivity contribution in [1.29, 1.82) is 5.26 Å². The van der Waals surface area contributed by atoms with Gasteiger partial charge in [0.1, 0.15) is 16.6 Å². The number of aliphatic hydroxyl groups is 2. The highest BCUT2D eigenvalue weighted by molar-refractivity contribution is 7.17. The molecule has 0 radical (unpaired) electrons. The van der Waals surface area contributed by atoms with Crippen molar-refractivity contribution in [3.8, 4) is 22.9 Å². The van der Waals surface area contributed by atoms with Crippen LogP contribution in [0.25, 0.3) is 21.3 Å². The van der Waals surface area contributed by atoms with Crippen LogP contribution in [0.2, 0.25) is 0 Å². The van der Waals surface area contributed by atoms with E-state index in [1.165, 1.54) is 17.6 Å². The van der Waals surface area contributed by atoms with E-state index in [2.05, 4.69) is 15.5 Å². The fourth-order valence-electron chi connectivity index (χ4n) is 2.69. The van der Waals surface area contributed by atoms with E-state index in [9.17, 15) is 14.7 Å². The van der Waals surface area contributed by atoms with Gasteiger partial charge in [-0.2, -0.15) is 5.26 Å². The summed E-state index contributed by atoms with van der Waals surface area (Å²) in [5, 5.41) is 45.5. The van der Waals surface area contributed by atoms with Crippen molar-refractivity contribution in [2.75, 3.05) is 19.8 Å². The lowest BCUT2D eigenvalue weighted by atomic mass is 10.0. The average Bonchev–Trinajstić information content (AvgIpc) is 3.19. The number of hydrogen-bond donors (Lipinski definition) is 5. The Kier molecular flexibility index (Phi) is 6.99. The van der Waals surface area contributed by atoms with Gasteiger partial charge in [-0.1, -0.05) is 29.4 Å². The number of carbonyl (C=O) groups is 1. The molecule has 0 spiro atoms. The molecule has 11 heteroatoms. The lowest BCUT2D eigenvalue weighted by molar-refractivity contribution is -0.126. The van der Waals surface area contributed by atoms with Gasteiger partial charge in [0.2, 0.25) is 0 Å². The number of rotatable bonds is 8. The number of thiophene rings is 1. The highest BCUT2D eigenvalue weighted by Gasteiger charge is 2.17. The molecule has 1 aromatic carbocycles. The molecule has 31 heavy (non-hydrogen) atoms. The van der Waals surface area contributed by atoms with E-state index in [1.54, 1.807) is 35.7 Å². The number of amides is 1. The van der Waals surface area contributed by atoms with Crippen molar-refractivity contribution < 1.29 is 25.0 Å². The Balaban J connectivity index is 1.67.